The van der Waals surface area contributed by atoms with Gasteiger partial charge in [-0.3, -0.25) is 4.79 Å². The van der Waals surface area contributed by atoms with Crippen molar-refractivity contribution in [3.05, 3.63) is 39.8 Å². The van der Waals surface area contributed by atoms with Crippen molar-refractivity contribution in [1.29, 1.82) is 0 Å². The van der Waals surface area contributed by atoms with Crippen LogP contribution in [0.3, 0.4) is 0 Å². The van der Waals surface area contributed by atoms with Crippen molar-refractivity contribution in [2.45, 2.75) is 0 Å². The summed E-state index contributed by atoms with van der Waals surface area (Å²) in [5.41, 5.74) is 0.961. The summed E-state index contributed by atoms with van der Waals surface area (Å²) in [6.45, 7) is 0. The zero-order chi connectivity index (χ0) is 8.55. The van der Waals surface area contributed by atoms with E-state index in [2.05, 4.69) is 9.97 Å². The van der Waals surface area contributed by atoms with E-state index in [1.165, 1.54) is 6.07 Å². The van der Waals surface area contributed by atoms with Crippen LogP contribution in [-0.4, -0.2) is 9.97 Å². The second kappa shape index (κ2) is 2.60. The van der Waals surface area contributed by atoms with Crippen LogP contribution in [0.5, 0.6) is 0 Å². The number of pyridine rings is 2. The third kappa shape index (κ3) is 1.08. The number of aromatic amines is 1. The number of aromatic nitrogens is 2. The maximum atomic E-state index is 11.2. The van der Waals surface area contributed by atoms with E-state index < -0.39 is 0 Å². The second-order valence-corrected chi connectivity index (χ2v) is 2.76. The zero-order valence-corrected chi connectivity index (χ0v) is 6.80. The number of nitrogens with one attached hydrogen (secondary N) is 1. The lowest BCUT2D eigenvalue weighted by atomic mass is 10.3. The largest absolute Gasteiger partial charge is 0.360 e. The minimum absolute atomic E-state index is 0.119. The first-order valence-electron chi connectivity index (χ1n) is 3.41. The highest BCUT2D eigenvalue weighted by atomic mass is 35.5. The molecule has 0 saturated heterocycles. The van der Waals surface area contributed by atoms with Gasteiger partial charge in [-0.25, -0.2) is 4.98 Å². The summed E-state index contributed by atoms with van der Waals surface area (Å²) in [5, 5.41) is 0.333. The monoisotopic (exact) mass is 180 g/mol. The van der Waals surface area contributed by atoms with Gasteiger partial charge in [0.1, 0.15) is 10.7 Å². The summed E-state index contributed by atoms with van der Waals surface area (Å²) in [7, 11) is 0. The van der Waals surface area contributed by atoms with Crippen LogP contribution in [0, 0.1) is 0 Å². The van der Waals surface area contributed by atoms with Crippen molar-refractivity contribution in [3.63, 3.8) is 0 Å². The van der Waals surface area contributed by atoms with Crippen LogP contribution < -0.4 is 5.43 Å². The molecule has 0 amide bonds. The summed E-state index contributed by atoms with van der Waals surface area (Å²) in [5.74, 6) is 0. The van der Waals surface area contributed by atoms with E-state index in [1.54, 1.807) is 18.3 Å². The SMILES string of the molecule is O=c1cc[nH]c2ccc(Cl)nc12. The maximum absolute atomic E-state index is 11.2. The molecule has 60 valence electrons. The molecule has 3 nitrogen and oxygen atoms in total. The molecule has 0 atom stereocenters. The summed E-state index contributed by atoms with van der Waals surface area (Å²) in [6.07, 6.45) is 1.58. The van der Waals surface area contributed by atoms with E-state index in [9.17, 15) is 4.79 Å². The Morgan fingerprint density at radius 2 is 2.17 bits per heavy atom. The molecule has 0 aliphatic heterocycles. The number of fused-ring (bicyclic) bond motifs is 1. The molecule has 0 bridgehead atoms. The molecule has 0 aliphatic rings. The van der Waals surface area contributed by atoms with E-state index in [0.29, 0.717) is 16.2 Å². The van der Waals surface area contributed by atoms with Crippen molar-refractivity contribution < 1.29 is 0 Å². The van der Waals surface area contributed by atoms with Crippen LogP contribution in [0.25, 0.3) is 11.0 Å². The van der Waals surface area contributed by atoms with Crippen LogP contribution in [0.1, 0.15) is 0 Å². The lowest BCUT2D eigenvalue weighted by Crippen LogP contribution is -2.01. The van der Waals surface area contributed by atoms with Gasteiger partial charge in [0, 0.05) is 12.3 Å². The number of rotatable bonds is 0. The molecule has 2 rings (SSSR count). The van der Waals surface area contributed by atoms with E-state index in [-0.39, 0.29) is 5.43 Å². The van der Waals surface area contributed by atoms with Gasteiger partial charge in [0.2, 0.25) is 5.43 Å². The van der Waals surface area contributed by atoms with E-state index >= 15 is 0 Å². The molecule has 0 saturated carbocycles. The van der Waals surface area contributed by atoms with Crippen molar-refractivity contribution >= 4 is 22.6 Å². The summed E-state index contributed by atoms with van der Waals surface area (Å²) < 4.78 is 0. The van der Waals surface area contributed by atoms with E-state index in [0.717, 1.165) is 0 Å². The van der Waals surface area contributed by atoms with E-state index in [4.69, 9.17) is 11.6 Å². The first-order chi connectivity index (χ1) is 5.77. The van der Waals surface area contributed by atoms with Crippen LogP contribution in [0.15, 0.2) is 29.2 Å². The topological polar surface area (TPSA) is 45.8 Å². The number of hydrogen-bond donors (Lipinski definition) is 1. The fraction of sp³-hybridized carbons (Fsp3) is 0. The van der Waals surface area contributed by atoms with Gasteiger partial charge in [-0.1, -0.05) is 11.6 Å². The summed E-state index contributed by atoms with van der Waals surface area (Å²) in [4.78, 5) is 18.0. The van der Waals surface area contributed by atoms with Crippen molar-refractivity contribution in [2.75, 3.05) is 0 Å². The van der Waals surface area contributed by atoms with Gasteiger partial charge in [0.25, 0.3) is 0 Å². The Morgan fingerprint density at radius 3 is 3.00 bits per heavy atom. The smallest absolute Gasteiger partial charge is 0.207 e. The fourth-order valence-corrected chi connectivity index (χ4v) is 1.17. The van der Waals surface area contributed by atoms with Gasteiger partial charge in [-0.2, -0.15) is 0 Å². The van der Waals surface area contributed by atoms with Gasteiger partial charge in [-0.15, -0.1) is 0 Å². The minimum atomic E-state index is -0.119. The normalized spacial score (nSPS) is 10.4. The summed E-state index contributed by atoms with van der Waals surface area (Å²) >= 11 is 5.63. The molecule has 2 aromatic rings. The number of hydrogen-bond acceptors (Lipinski definition) is 2. The molecule has 4 heteroatoms. The van der Waals surface area contributed by atoms with Crippen LogP contribution in [0.2, 0.25) is 5.15 Å². The van der Waals surface area contributed by atoms with Gasteiger partial charge in [0.05, 0.1) is 5.52 Å². The van der Waals surface area contributed by atoms with Gasteiger partial charge in [0.15, 0.2) is 0 Å². The lowest BCUT2D eigenvalue weighted by molar-refractivity contribution is 1.31. The number of halogens is 1. The van der Waals surface area contributed by atoms with Crippen molar-refractivity contribution in [1.82, 2.24) is 9.97 Å². The first kappa shape index (κ1) is 7.31. The maximum Gasteiger partial charge on any atom is 0.207 e. The molecule has 0 spiro atoms. The third-order valence-electron chi connectivity index (χ3n) is 1.57. The second-order valence-electron chi connectivity index (χ2n) is 2.37. The Labute approximate surface area is 73.0 Å². The first-order valence-corrected chi connectivity index (χ1v) is 3.79. The molecule has 0 unspecified atom stereocenters. The molecule has 0 aromatic carbocycles. The van der Waals surface area contributed by atoms with Gasteiger partial charge < -0.3 is 4.98 Å². The Bertz CT molecular complexity index is 478. The van der Waals surface area contributed by atoms with Crippen molar-refractivity contribution in [3.8, 4) is 0 Å². The average molecular weight is 181 g/mol. The van der Waals surface area contributed by atoms with E-state index in [1.807, 2.05) is 0 Å². The Morgan fingerprint density at radius 1 is 1.33 bits per heavy atom. The predicted molar refractivity (Wildman–Crippen MR) is 47.4 cm³/mol. The molecular formula is C8H5ClN2O. The van der Waals surface area contributed by atoms with Crippen LogP contribution >= 0.6 is 11.6 Å². The van der Waals surface area contributed by atoms with Gasteiger partial charge >= 0.3 is 0 Å². The van der Waals surface area contributed by atoms with Gasteiger partial charge in [-0.05, 0) is 12.1 Å². The molecule has 2 heterocycles. The molecule has 0 fully saturated rings. The fourth-order valence-electron chi connectivity index (χ4n) is 1.03. The zero-order valence-electron chi connectivity index (χ0n) is 6.04. The number of H-pyrrole nitrogens is 1. The molecule has 0 aliphatic carbocycles. The standard InChI is InChI=1S/C8H5ClN2O/c9-7-2-1-5-8(11-7)6(12)3-4-10-5/h1-4H,(H,10,12). The highest BCUT2D eigenvalue weighted by Gasteiger charge is 1.98. The minimum Gasteiger partial charge on any atom is -0.360 e. The average Bonchev–Trinajstić information content (AvgIpc) is 2.07. The molecular weight excluding hydrogens is 176 g/mol. The highest BCUT2D eigenvalue weighted by Crippen LogP contribution is 2.08. The summed E-state index contributed by atoms with van der Waals surface area (Å²) in [6, 6.07) is 4.79. The third-order valence-corrected chi connectivity index (χ3v) is 1.78. The predicted octanol–water partition coefficient (Wildman–Crippen LogP) is 1.58. The van der Waals surface area contributed by atoms with Crippen LogP contribution in [0.4, 0.5) is 0 Å². The molecule has 12 heavy (non-hydrogen) atoms. The lowest BCUT2D eigenvalue weighted by Gasteiger charge is -1.94. The molecule has 0 radical (unpaired) electrons. The Balaban J connectivity index is 2.98. The van der Waals surface area contributed by atoms with Crippen LogP contribution in [-0.2, 0) is 0 Å². The Kier molecular flexibility index (Phi) is 1.59. The Hall–Kier alpha value is -1.35. The van der Waals surface area contributed by atoms with Crippen molar-refractivity contribution in [2.24, 2.45) is 0 Å². The quantitative estimate of drug-likeness (QED) is 0.626. The highest BCUT2D eigenvalue weighted by molar-refractivity contribution is 6.29. The molecule has 1 N–H and O–H groups in total. The number of nitrogens with zero attached hydrogens (tertiary/aromatic N) is 1. The molecule has 2 aromatic heterocycles.